The molecule has 7 heteroatoms. The first-order chi connectivity index (χ1) is 11.5. The molecule has 0 aliphatic carbocycles. The molecule has 6 nitrogen and oxygen atoms in total. The molecule has 0 aliphatic heterocycles. The van der Waals surface area contributed by atoms with Crippen LogP contribution in [0.4, 0.5) is 5.69 Å². The minimum Gasteiger partial charge on any atom is -0.507 e. The summed E-state index contributed by atoms with van der Waals surface area (Å²) in [5, 5.41) is 14.4. The van der Waals surface area contributed by atoms with E-state index in [1.807, 2.05) is 6.07 Å². The molecule has 0 spiro atoms. The number of hydrogen-bond donors (Lipinski definition) is 1. The van der Waals surface area contributed by atoms with Gasteiger partial charge in [-0.15, -0.1) is 0 Å². The number of aromatic nitrogens is 2. The Morgan fingerprint density at radius 3 is 2.67 bits per heavy atom. The zero-order valence-electron chi connectivity index (χ0n) is 14.0. The largest absolute Gasteiger partial charge is 0.507 e. The first-order valence-corrected chi connectivity index (χ1v) is 8.14. The molecule has 0 saturated heterocycles. The van der Waals surface area contributed by atoms with Gasteiger partial charge in [-0.2, -0.15) is 5.10 Å². The van der Waals surface area contributed by atoms with Crippen LogP contribution in [-0.2, 0) is 7.05 Å². The van der Waals surface area contributed by atoms with Crippen molar-refractivity contribution in [2.45, 2.75) is 13.8 Å². The highest BCUT2D eigenvalue weighted by molar-refractivity contribution is 6.33. The van der Waals surface area contributed by atoms with Crippen molar-refractivity contribution in [2.75, 3.05) is 24.5 Å². The van der Waals surface area contributed by atoms with E-state index in [-0.39, 0.29) is 18.1 Å². The summed E-state index contributed by atoms with van der Waals surface area (Å²) in [6.45, 7) is 5.79. The minimum absolute atomic E-state index is 0.0590. The third kappa shape index (κ3) is 3.94. The number of phenolic OH excluding ortho intramolecular Hbond substituents is 1. The first kappa shape index (κ1) is 18.0. The van der Waals surface area contributed by atoms with Crippen molar-refractivity contribution in [1.82, 2.24) is 9.78 Å². The minimum atomic E-state index is -0.226. The van der Waals surface area contributed by atoms with Crippen LogP contribution in [0.15, 0.2) is 29.4 Å². The van der Waals surface area contributed by atoms with Crippen molar-refractivity contribution < 1.29 is 9.90 Å². The standard InChI is InChI=1S/C17H21ClN4O2/c1-4-22(5-2)13-7-6-12(15(23)8-13)9-19-11-16(24)17-14(18)10-20-21(17)3/h6-10,23H,4-5,11H2,1-3H3. The van der Waals surface area contributed by atoms with E-state index in [0.29, 0.717) is 16.3 Å². The molecule has 0 radical (unpaired) electrons. The summed E-state index contributed by atoms with van der Waals surface area (Å²) in [5.41, 5.74) is 1.84. The summed E-state index contributed by atoms with van der Waals surface area (Å²) in [5.74, 6) is -0.0929. The fourth-order valence-electron chi connectivity index (χ4n) is 2.45. The van der Waals surface area contributed by atoms with Gasteiger partial charge in [-0.05, 0) is 26.0 Å². The Labute approximate surface area is 146 Å². The molecule has 0 bridgehead atoms. The van der Waals surface area contributed by atoms with Crippen LogP contribution in [0, 0.1) is 0 Å². The average Bonchev–Trinajstić information content (AvgIpc) is 2.89. The molecule has 128 valence electrons. The number of rotatable bonds is 7. The van der Waals surface area contributed by atoms with E-state index in [2.05, 4.69) is 28.8 Å². The van der Waals surface area contributed by atoms with Gasteiger partial charge in [0.2, 0.25) is 5.78 Å². The fourth-order valence-corrected chi connectivity index (χ4v) is 2.72. The van der Waals surface area contributed by atoms with Crippen molar-refractivity contribution >= 4 is 29.3 Å². The second-order valence-corrected chi connectivity index (χ2v) is 5.68. The molecule has 2 rings (SSSR count). The predicted octanol–water partition coefficient (Wildman–Crippen LogP) is 2.93. The number of aliphatic imine (C=N–C) groups is 1. The van der Waals surface area contributed by atoms with Crippen molar-refractivity contribution in [3.05, 3.63) is 40.7 Å². The van der Waals surface area contributed by atoms with Crippen molar-refractivity contribution in [3.63, 3.8) is 0 Å². The summed E-state index contributed by atoms with van der Waals surface area (Å²) in [7, 11) is 1.65. The van der Waals surface area contributed by atoms with Crippen LogP contribution in [0.2, 0.25) is 5.02 Å². The van der Waals surface area contributed by atoms with Crippen LogP contribution in [0.1, 0.15) is 29.9 Å². The lowest BCUT2D eigenvalue weighted by Gasteiger charge is -2.21. The summed E-state index contributed by atoms with van der Waals surface area (Å²) >= 11 is 5.93. The summed E-state index contributed by atoms with van der Waals surface area (Å²) in [6, 6.07) is 5.41. The molecule has 0 unspecified atom stereocenters. The molecule has 1 N–H and O–H groups in total. The molecule has 2 aromatic rings. The highest BCUT2D eigenvalue weighted by Crippen LogP contribution is 2.23. The van der Waals surface area contributed by atoms with Gasteiger partial charge >= 0.3 is 0 Å². The molecule has 0 fully saturated rings. The van der Waals surface area contributed by atoms with Crippen LogP contribution in [0.3, 0.4) is 0 Å². The van der Waals surface area contributed by atoms with Crippen LogP contribution >= 0.6 is 11.6 Å². The summed E-state index contributed by atoms with van der Waals surface area (Å²) < 4.78 is 1.43. The second kappa shape index (κ2) is 7.97. The number of carbonyl (C=O) groups excluding carboxylic acids is 1. The number of anilines is 1. The molecule has 0 amide bonds. The average molecular weight is 349 g/mol. The summed E-state index contributed by atoms with van der Waals surface area (Å²) in [6.07, 6.45) is 2.92. The number of aromatic hydroxyl groups is 1. The van der Waals surface area contributed by atoms with E-state index in [1.165, 1.54) is 17.1 Å². The lowest BCUT2D eigenvalue weighted by Crippen LogP contribution is -2.21. The number of aryl methyl sites for hydroxylation is 1. The van der Waals surface area contributed by atoms with E-state index in [4.69, 9.17) is 11.6 Å². The van der Waals surface area contributed by atoms with Gasteiger partial charge in [-0.25, -0.2) is 0 Å². The van der Waals surface area contributed by atoms with Crippen LogP contribution in [0.25, 0.3) is 0 Å². The zero-order chi connectivity index (χ0) is 17.7. The molecule has 1 aromatic carbocycles. The maximum absolute atomic E-state index is 12.1. The van der Waals surface area contributed by atoms with Gasteiger partial charge in [0.15, 0.2) is 0 Å². The Morgan fingerprint density at radius 2 is 2.12 bits per heavy atom. The topological polar surface area (TPSA) is 70.7 Å². The molecular formula is C17H21ClN4O2. The molecule has 0 aliphatic rings. The maximum atomic E-state index is 12.1. The van der Waals surface area contributed by atoms with Gasteiger partial charge in [0.25, 0.3) is 0 Å². The highest BCUT2D eigenvalue weighted by Gasteiger charge is 2.14. The lowest BCUT2D eigenvalue weighted by atomic mass is 10.2. The van der Waals surface area contributed by atoms with E-state index in [1.54, 1.807) is 19.2 Å². The van der Waals surface area contributed by atoms with E-state index in [9.17, 15) is 9.90 Å². The number of carbonyl (C=O) groups is 1. The number of nitrogens with zero attached hydrogens (tertiary/aromatic N) is 4. The molecule has 0 saturated carbocycles. The van der Waals surface area contributed by atoms with Gasteiger partial charge in [0.1, 0.15) is 18.0 Å². The molecular weight excluding hydrogens is 328 g/mol. The van der Waals surface area contributed by atoms with Gasteiger partial charge in [0.05, 0.1) is 11.2 Å². The number of benzene rings is 1. The fraction of sp³-hybridized carbons (Fsp3) is 0.353. The van der Waals surface area contributed by atoms with E-state index < -0.39 is 0 Å². The number of Topliss-reactive ketones (excluding diaryl/α,β-unsaturated/α-hetero) is 1. The highest BCUT2D eigenvalue weighted by atomic mass is 35.5. The van der Waals surface area contributed by atoms with Crippen LogP contribution in [0.5, 0.6) is 5.75 Å². The Morgan fingerprint density at radius 1 is 1.42 bits per heavy atom. The number of halogens is 1. The smallest absolute Gasteiger partial charge is 0.203 e. The Kier molecular flexibility index (Phi) is 5.98. The molecule has 0 atom stereocenters. The van der Waals surface area contributed by atoms with Gasteiger partial charge in [-0.1, -0.05) is 11.6 Å². The van der Waals surface area contributed by atoms with Gasteiger partial charge < -0.3 is 10.0 Å². The summed E-state index contributed by atoms with van der Waals surface area (Å²) in [4.78, 5) is 18.4. The first-order valence-electron chi connectivity index (χ1n) is 7.76. The van der Waals surface area contributed by atoms with Crippen LogP contribution in [-0.4, -0.2) is 46.5 Å². The Hall–Kier alpha value is -2.34. The number of phenols is 1. The number of ketones is 1. The predicted molar refractivity (Wildman–Crippen MR) is 96.7 cm³/mol. The normalized spacial score (nSPS) is 11.2. The van der Waals surface area contributed by atoms with Crippen molar-refractivity contribution in [2.24, 2.45) is 12.0 Å². The van der Waals surface area contributed by atoms with Crippen molar-refractivity contribution in [3.8, 4) is 5.75 Å². The Bertz CT molecular complexity index is 732. The zero-order valence-corrected chi connectivity index (χ0v) is 14.8. The van der Waals surface area contributed by atoms with Crippen molar-refractivity contribution in [1.29, 1.82) is 0 Å². The molecule has 1 heterocycles. The van der Waals surface area contributed by atoms with E-state index in [0.717, 1.165) is 18.8 Å². The molecule has 1 aromatic heterocycles. The number of hydrogen-bond acceptors (Lipinski definition) is 5. The van der Waals surface area contributed by atoms with Gasteiger partial charge in [0, 0.05) is 43.7 Å². The third-order valence-corrected chi connectivity index (χ3v) is 4.04. The third-order valence-electron chi connectivity index (χ3n) is 3.77. The quantitative estimate of drug-likeness (QED) is 0.617. The second-order valence-electron chi connectivity index (χ2n) is 5.27. The monoisotopic (exact) mass is 348 g/mol. The molecule has 24 heavy (non-hydrogen) atoms. The lowest BCUT2D eigenvalue weighted by molar-refractivity contribution is 0.0993. The Balaban J connectivity index is 2.08. The van der Waals surface area contributed by atoms with Gasteiger partial charge in [-0.3, -0.25) is 14.5 Å². The van der Waals surface area contributed by atoms with Crippen LogP contribution < -0.4 is 4.90 Å². The maximum Gasteiger partial charge on any atom is 0.203 e. The SMILES string of the molecule is CCN(CC)c1ccc(C=NCC(=O)c2c(Cl)cnn2C)c(O)c1. The van der Waals surface area contributed by atoms with E-state index >= 15 is 0 Å².